The van der Waals surface area contributed by atoms with E-state index in [9.17, 15) is 27.9 Å². The summed E-state index contributed by atoms with van der Waals surface area (Å²) >= 11 is 0. The van der Waals surface area contributed by atoms with Gasteiger partial charge in [-0.3, -0.25) is 19.5 Å². The number of fused-ring (bicyclic) bond motifs is 1. The zero-order valence-electron chi connectivity index (χ0n) is 31.4. The number of amides is 4. The van der Waals surface area contributed by atoms with Crippen LogP contribution in [0.25, 0.3) is 10.9 Å². The smallest absolute Gasteiger partial charge is 0.328 e. The maximum atomic E-state index is 14.4. The lowest BCUT2D eigenvalue weighted by Gasteiger charge is -2.34. The van der Waals surface area contributed by atoms with E-state index in [0.717, 1.165) is 15.8 Å². The lowest BCUT2D eigenvalue weighted by molar-refractivity contribution is -0.129. The molecule has 4 aromatic rings. The molecule has 14 nitrogen and oxygen atoms in total. The van der Waals surface area contributed by atoms with E-state index >= 15 is 0 Å². The summed E-state index contributed by atoms with van der Waals surface area (Å²) in [6.07, 6.45) is 0.459. The van der Waals surface area contributed by atoms with E-state index in [1.165, 1.54) is 39.7 Å². The first-order chi connectivity index (χ1) is 26.2. The third-order valence-electron chi connectivity index (χ3n) is 9.74. The van der Waals surface area contributed by atoms with E-state index in [4.69, 9.17) is 10.9 Å². The SMILES string of the molecule is CC[C@H](C)[C@@H](C(=O)N[C@@H](Cc1ccccc1)[C@H](O)CN(CC(C)C)S(=O)(=O)c1ccc(/C=N/O)cc1)N1CC(=O)N(Cc2ccc3cc(N)ccc3n2)C1=O. The molecule has 5 rings (SSSR count). The fourth-order valence-corrected chi connectivity index (χ4v) is 8.30. The van der Waals surface area contributed by atoms with Gasteiger partial charge in [0.05, 0.1) is 41.0 Å². The summed E-state index contributed by atoms with van der Waals surface area (Å²) in [6, 6.07) is 21.1. The lowest BCUT2D eigenvalue weighted by Crippen LogP contribution is -2.57. The van der Waals surface area contributed by atoms with Crippen molar-refractivity contribution in [2.24, 2.45) is 17.0 Å². The van der Waals surface area contributed by atoms with E-state index in [1.54, 1.807) is 24.3 Å². The number of aromatic nitrogens is 1. The number of aliphatic hydroxyl groups excluding tert-OH is 1. The maximum Gasteiger partial charge on any atom is 0.328 e. The van der Waals surface area contributed by atoms with Crippen LogP contribution in [0.2, 0.25) is 0 Å². The summed E-state index contributed by atoms with van der Waals surface area (Å²) in [6.45, 7) is 6.76. The molecule has 5 N–H and O–H groups in total. The van der Waals surface area contributed by atoms with Gasteiger partial charge in [-0.1, -0.05) is 87.8 Å². The Morgan fingerprint density at radius 3 is 2.38 bits per heavy atom. The second kappa shape index (κ2) is 17.8. The van der Waals surface area contributed by atoms with Crippen LogP contribution < -0.4 is 11.1 Å². The minimum absolute atomic E-state index is 0.0127. The Kier molecular flexibility index (Phi) is 13.2. The Labute approximate surface area is 321 Å². The molecule has 1 saturated heterocycles. The number of nitrogen functional groups attached to an aromatic ring is 1. The second-order valence-electron chi connectivity index (χ2n) is 14.4. The Morgan fingerprint density at radius 1 is 1.02 bits per heavy atom. The monoisotopic (exact) mass is 771 g/mol. The number of carbonyl (C=O) groups excluding carboxylic acids is 3. The number of carbonyl (C=O) groups is 3. The molecule has 292 valence electrons. The number of nitrogens with two attached hydrogens (primary N) is 1. The largest absolute Gasteiger partial charge is 0.411 e. The van der Waals surface area contributed by atoms with Crippen LogP contribution in [0.3, 0.4) is 0 Å². The number of oxime groups is 1. The van der Waals surface area contributed by atoms with E-state index in [-0.39, 0.29) is 49.3 Å². The van der Waals surface area contributed by atoms with Gasteiger partial charge in [0.1, 0.15) is 12.6 Å². The predicted molar refractivity (Wildman–Crippen MR) is 210 cm³/mol. The standard InChI is InChI=1S/C40H49N7O7S/c1-5-27(4)38(47-25-37(49)46(40(47)51)23-32-15-13-30-20-31(41)14-18-34(30)43-32)39(50)44-35(19-28-9-7-6-8-10-28)36(48)24-45(22-26(2)3)55(53,54)33-16-11-29(12-17-33)21-42-52/h6-18,20-21,26-27,35-36,38,48,52H,5,19,22-25,41H2,1-4H3,(H,44,50)/b42-21+/t27-,35-,36+,38-/m0/s1. The molecule has 0 unspecified atom stereocenters. The Bertz CT molecular complexity index is 2110. The molecular weight excluding hydrogens is 723 g/mol. The van der Waals surface area contributed by atoms with Gasteiger partial charge in [0.2, 0.25) is 15.9 Å². The first-order valence-corrected chi connectivity index (χ1v) is 19.7. The highest BCUT2D eigenvalue weighted by atomic mass is 32.2. The molecule has 0 bridgehead atoms. The number of aliphatic hydroxyl groups is 1. The van der Waals surface area contributed by atoms with Crippen molar-refractivity contribution in [3.05, 3.63) is 102 Å². The molecule has 1 aromatic heterocycles. The molecule has 1 aliphatic heterocycles. The molecule has 4 atom stereocenters. The van der Waals surface area contributed by atoms with Crippen molar-refractivity contribution < 1.29 is 33.1 Å². The number of nitrogens with one attached hydrogen (secondary N) is 1. The zero-order valence-corrected chi connectivity index (χ0v) is 32.3. The van der Waals surface area contributed by atoms with Gasteiger partial charge >= 0.3 is 6.03 Å². The van der Waals surface area contributed by atoms with Gasteiger partial charge in [-0.15, -0.1) is 0 Å². The maximum absolute atomic E-state index is 14.4. The number of benzene rings is 3. The summed E-state index contributed by atoms with van der Waals surface area (Å²) in [4.78, 5) is 48.6. The quantitative estimate of drug-likeness (QED) is 0.0399. The van der Waals surface area contributed by atoms with Crippen molar-refractivity contribution in [2.75, 3.05) is 25.4 Å². The molecule has 1 aliphatic rings. The summed E-state index contributed by atoms with van der Waals surface area (Å²) < 4.78 is 29.1. The van der Waals surface area contributed by atoms with Crippen LogP contribution in [-0.2, 0) is 32.6 Å². The molecule has 0 saturated carbocycles. The normalized spacial score (nSPS) is 16.0. The number of nitrogens with zero attached hydrogens (tertiary/aromatic N) is 5. The molecule has 4 amide bonds. The molecule has 0 aliphatic carbocycles. The van der Waals surface area contributed by atoms with E-state index < -0.39 is 46.1 Å². The highest BCUT2D eigenvalue weighted by Gasteiger charge is 2.45. The van der Waals surface area contributed by atoms with Gasteiger partial charge in [-0.25, -0.2) is 13.2 Å². The summed E-state index contributed by atoms with van der Waals surface area (Å²) in [5.74, 6) is -1.53. The summed E-state index contributed by atoms with van der Waals surface area (Å²) in [5, 5.41) is 27.5. The number of hydrogen-bond acceptors (Lipinski definition) is 10. The third kappa shape index (κ3) is 9.84. The third-order valence-corrected chi connectivity index (χ3v) is 11.6. The van der Waals surface area contributed by atoms with Crippen LogP contribution in [0.15, 0.2) is 95.0 Å². The first-order valence-electron chi connectivity index (χ1n) is 18.3. The fourth-order valence-electron chi connectivity index (χ4n) is 6.68. The van der Waals surface area contributed by atoms with Crippen LogP contribution in [0.4, 0.5) is 10.5 Å². The number of sulfonamides is 1. The summed E-state index contributed by atoms with van der Waals surface area (Å²) in [7, 11) is -4.12. The number of pyridine rings is 1. The van der Waals surface area contributed by atoms with Crippen molar-refractivity contribution in [2.45, 2.75) is 70.2 Å². The van der Waals surface area contributed by atoms with Gasteiger partial charge in [-0.2, -0.15) is 4.31 Å². The van der Waals surface area contributed by atoms with Gasteiger partial charge in [0, 0.05) is 24.2 Å². The van der Waals surface area contributed by atoms with Crippen LogP contribution >= 0.6 is 0 Å². The first kappa shape index (κ1) is 40.8. The van der Waals surface area contributed by atoms with E-state index in [2.05, 4.69) is 15.5 Å². The van der Waals surface area contributed by atoms with E-state index in [0.29, 0.717) is 28.9 Å². The second-order valence-corrected chi connectivity index (χ2v) is 16.3. The van der Waals surface area contributed by atoms with Crippen molar-refractivity contribution in [1.82, 2.24) is 24.4 Å². The number of imide groups is 1. The molecular formula is C40H49N7O7S. The van der Waals surface area contributed by atoms with Gasteiger partial charge < -0.3 is 26.3 Å². The number of rotatable bonds is 17. The fraction of sp³-hybridized carbons (Fsp3) is 0.375. The average Bonchev–Trinajstić information content (AvgIpc) is 3.42. The number of hydrogen-bond donors (Lipinski definition) is 4. The average molecular weight is 772 g/mol. The predicted octanol–water partition coefficient (Wildman–Crippen LogP) is 4.24. The minimum Gasteiger partial charge on any atom is -0.411 e. The number of urea groups is 1. The molecule has 0 radical (unpaired) electrons. The Balaban J connectivity index is 1.39. The lowest BCUT2D eigenvalue weighted by atomic mass is 9.95. The van der Waals surface area contributed by atoms with Crippen molar-refractivity contribution in [3.8, 4) is 0 Å². The molecule has 1 fully saturated rings. The van der Waals surface area contributed by atoms with Crippen LogP contribution in [0, 0.1) is 11.8 Å². The number of anilines is 1. The molecule has 3 aromatic carbocycles. The highest BCUT2D eigenvalue weighted by molar-refractivity contribution is 7.89. The Hall–Kier alpha value is -5.38. The van der Waals surface area contributed by atoms with Gasteiger partial charge in [0.25, 0.3) is 5.91 Å². The summed E-state index contributed by atoms with van der Waals surface area (Å²) in [5.41, 5.74) is 8.92. The molecule has 15 heteroatoms. The van der Waals surface area contributed by atoms with Gasteiger partial charge in [0.15, 0.2) is 0 Å². The molecule has 0 spiro atoms. The van der Waals surface area contributed by atoms with Crippen molar-refractivity contribution >= 4 is 50.7 Å². The zero-order chi connectivity index (χ0) is 39.9. The Morgan fingerprint density at radius 2 is 1.73 bits per heavy atom. The minimum atomic E-state index is -4.12. The van der Waals surface area contributed by atoms with Crippen LogP contribution in [0.1, 0.15) is 50.9 Å². The molecule has 2 heterocycles. The molecule has 55 heavy (non-hydrogen) atoms. The van der Waals surface area contributed by atoms with Crippen molar-refractivity contribution in [1.29, 1.82) is 0 Å². The highest BCUT2D eigenvalue weighted by Crippen LogP contribution is 2.25. The van der Waals surface area contributed by atoms with Crippen molar-refractivity contribution in [3.63, 3.8) is 0 Å². The van der Waals surface area contributed by atoms with Crippen LogP contribution in [-0.4, -0.2) is 99.7 Å². The van der Waals surface area contributed by atoms with Crippen LogP contribution in [0.5, 0.6) is 0 Å². The topological polar surface area (TPSA) is 199 Å². The van der Waals surface area contributed by atoms with E-state index in [1.807, 2.05) is 64.1 Å². The van der Waals surface area contributed by atoms with Gasteiger partial charge in [-0.05, 0) is 65.8 Å².